The third-order valence-electron chi connectivity index (χ3n) is 2.61. The highest BCUT2D eigenvalue weighted by molar-refractivity contribution is 5.96. The molecule has 2 rings (SSSR count). The summed E-state index contributed by atoms with van der Waals surface area (Å²) < 4.78 is 5.00. The van der Waals surface area contributed by atoms with Gasteiger partial charge in [0.05, 0.1) is 12.7 Å². The van der Waals surface area contributed by atoms with Gasteiger partial charge in [0.25, 0.3) is 5.91 Å². The Morgan fingerprint density at radius 1 is 1.37 bits per heavy atom. The lowest BCUT2D eigenvalue weighted by Gasteiger charge is -2.07. The first kappa shape index (κ1) is 12.9. The zero-order valence-corrected chi connectivity index (χ0v) is 10.5. The minimum absolute atomic E-state index is 0.0349. The van der Waals surface area contributed by atoms with Gasteiger partial charge in [0.15, 0.2) is 0 Å². The molecule has 2 aromatic rings. The van der Waals surface area contributed by atoms with Crippen molar-refractivity contribution in [1.29, 1.82) is 0 Å². The summed E-state index contributed by atoms with van der Waals surface area (Å²) in [6.07, 6.45) is 1.61. The lowest BCUT2D eigenvalue weighted by molar-refractivity contribution is 0.0948. The second-order valence-electron chi connectivity index (χ2n) is 3.91. The lowest BCUT2D eigenvalue weighted by Crippen LogP contribution is -2.22. The Morgan fingerprint density at radius 2 is 2.16 bits per heavy atom. The lowest BCUT2D eigenvalue weighted by atomic mass is 10.2. The number of phenols is 1. The third kappa shape index (κ3) is 3.22. The fourth-order valence-electron chi connectivity index (χ4n) is 1.62. The number of rotatable bonds is 4. The Bertz CT molecular complexity index is 584. The van der Waals surface area contributed by atoms with E-state index in [1.54, 1.807) is 36.5 Å². The highest BCUT2D eigenvalue weighted by Gasteiger charge is 2.09. The number of hydrogen-bond donors (Lipinski definition) is 2. The number of para-hydroxylation sites is 1. The molecule has 1 aromatic carbocycles. The molecule has 0 radical (unpaired) electrons. The van der Waals surface area contributed by atoms with Gasteiger partial charge in [0.1, 0.15) is 5.75 Å². The number of methoxy groups -OCH3 is 1. The van der Waals surface area contributed by atoms with Gasteiger partial charge in [-0.3, -0.25) is 4.79 Å². The van der Waals surface area contributed by atoms with Crippen LogP contribution in [-0.4, -0.2) is 23.1 Å². The van der Waals surface area contributed by atoms with Crippen molar-refractivity contribution in [1.82, 2.24) is 10.3 Å². The van der Waals surface area contributed by atoms with Crippen molar-refractivity contribution in [2.45, 2.75) is 6.54 Å². The summed E-state index contributed by atoms with van der Waals surface area (Å²) in [5, 5.41) is 12.3. The van der Waals surface area contributed by atoms with E-state index in [9.17, 15) is 9.90 Å². The van der Waals surface area contributed by atoms with E-state index in [0.29, 0.717) is 12.4 Å². The second-order valence-corrected chi connectivity index (χ2v) is 3.91. The molecular weight excluding hydrogens is 244 g/mol. The standard InChI is InChI=1S/C14H14N2O3/c1-19-13-8-10(6-7-15-13)9-16-14(18)11-4-2-3-5-12(11)17/h2-8,17H,9H2,1H3,(H,16,18). The molecule has 0 aliphatic heterocycles. The van der Waals surface area contributed by atoms with Crippen LogP contribution < -0.4 is 10.1 Å². The summed E-state index contributed by atoms with van der Waals surface area (Å²) in [7, 11) is 1.53. The van der Waals surface area contributed by atoms with Crippen LogP contribution in [0.25, 0.3) is 0 Å². The predicted molar refractivity (Wildman–Crippen MR) is 70.1 cm³/mol. The maximum atomic E-state index is 11.9. The van der Waals surface area contributed by atoms with Gasteiger partial charge in [0.2, 0.25) is 5.88 Å². The summed E-state index contributed by atoms with van der Waals surface area (Å²) in [6, 6.07) is 9.94. The van der Waals surface area contributed by atoms with Crippen LogP contribution in [0.2, 0.25) is 0 Å². The Balaban J connectivity index is 2.02. The quantitative estimate of drug-likeness (QED) is 0.876. The van der Waals surface area contributed by atoms with Gasteiger partial charge in [0, 0.05) is 18.8 Å². The Morgan fingerprint density at radius 3 is 2.89 bits per heavy atom. The van der Waals surface area contributed by atoms with Gasteiger partial charge in [-0.2, -0.15) is 0 Å². The largest absolute Gasteiger partial charge is 0.507 e. The molecule has 0 spiro atoms. The van der Waals surface area contributed by atoms with Gasteiger partial charge in [-0.25, -0.2) is 4.98 Å². The molecule has 0 saturated heterocycles. The van der Waals surface area contributed by atoms with E-state index in [0.717, 1.165) is 5.56 Å². The average molecular weight is 258 g/mol. The number of hydrogen-bond acceptors (Lipinski definition) is 4. The topological polar surface area (TPSA) is 71.5 Å². The fraction of sp³-hybridized carbons (Fsp3) is 0.143. The van der Waals surface area contributed by atoms with E-state index in [-0.39, 0.29) is 17.2 Å². The molecule has 1 amide bonds. The van der Waals surface area contributed by atoms with Crippen LogP contribution in [0, 0.1) is 0 Å². The maximum absolute atomic E-state index is 11.9. The van der Waals surface area contributed by atoms with Gasteiger partial charge >= 0.3 is 0 Å². The molecule has 5 heteroatoms. The van der Waals surface area contributed by atoms with E-state index in [1.807, 2.05) is 0 Å². The number of phenolic OH excluding ortho intramolecular Hbond substituents is 1. The van der Waals surface area contributed by atoms with E-state index >= 15 is 0 Å². The highest BCUT2D eigenvalue weighted by Crippen LogP contribution is 2.15. The maximum Gasteiger partial charge on any atom is 0.255 e. The zero-order valence-electron chi connectivity index (χ0n) is 10.5. The number of carbonyl (C=O) groups is 1. The number of carbonyl (C=O) groups excluding carboxylic acids is 1. The smallest absolute Gasteiger partial charge is 0.255 e. The molecule has 1 heterocycles. The van der Waals surface area contributed by atoms with Crippen molar-refractivity contribution in [2.24, 2.45) is 0 Å². The molecule has 0 bridgehead atoms. The zero-order chi connectivity index (χ0) is 13.7. The van der Waals surface area contributed by atoms with Gasteiger partial charge in [-0.1, -0.05) is 12.1 Å². The Hall–Kier alpha value is -2.56. The predicted octanol–water partition coefficient (Wildman–Crippen LogP) is 1.73. The summed E-state index contributed by atoms with van der Waals surface area (Å²) in [6.45, 7) is 0.339. The van der Waals surface area contributed by atoms with Crippen LogP contribution in [0.5, 0.6) is 11.6 Å². The Kier molecular flexibility index (Phi) is 3.97. The number of aromatic nitrogens is 1. The van der Waals surface area contributed by atoms with Crippen LogP contribution in [0.15, 0.2) is 42.6 Å². The van der Waals surface area contributed by atoms with E-state index in [2.05, 4.69) is 10.3 Å². The van der Waals surface area contributed by atoms with Crippen LogP contribution in [0.3, 0.4) is 0 Å². The fourth-order valence-corrected chi connectivity index (χ4v) is 1.62. The van der Waals surface area contributed by atoms with Crippen LogP contribution in [0.1, 0.15) is 15.9 Å². The number of nitrogens with one attached hydrogen (secondary N) is 1. The number of pyridine rings is 1. The summed E-state index contributed by atoms with van der Waals surface area (Å²) in [4.78, 5) is 15.9. The molecular formula is C14H14N2O3. The number of benzene rings is 1. The van der Waals surface area contributed by atoms with Gasteiger partial charge in [-0.05, 0) is 23.8 Å². The minimum atomic E-state index is -0.325. The highest BCUT2D eigenvalue weighted by atomic mass is 16.5. The van der Waals surface area contributed by atoms with Crippen molar-refractivity contribution in [3.63, 3.8) is 0 Å². The third-order valence-corrected chi connectivity index (χ3v) is 2.61. The first-order valence-corrected chi connectivity index (χ1v) is 5.76. The first-order chi connectivity index (χ1) is 9.20. The molecule has 0 aliphatic carbocycles. The van der Waals surface area contributed by atoms with Gasteiger partial charge < -0.3 is 15.2 Å². The van der Waals surface area contributed by atoms with E-state index in [4.69, 9.17) is 4.74 Å². The van der Waals surface area contributed by atoms with Crippen molar-refractivity contribution < 1.29 is 14.6 Å². The molecule has 19 heavy (non-hydrogen) atoms. The second kappa shape index (κ2) is 5.86. The van der Waals surface area contributed by atoms with Crippen LogP contribution >= 0.6 is 0 Å². The Labute approximate surface area is 110 Å². The number of ether oxygens (including phenoxy) is 1. The van der Waals surface area contributed by atoms with Crippen molar-refractivity contribution in [3.8, 4) is 11.6 Å². The number of amides is 1. The molecule has 0 fully saturated rings. The summed E-state index contributed by atoms with van der Waals surface area (Å²) in [5.74, 6) is 0.135. The number of nitrogens with zero attached hydrogens (tertiary/aromatic N) is 1. The molecule has 5 nitrogen and oxygen atoms in total. The van der Waals surface area contributed by atoms with Crippen LogP contribution in [-0.2, 0) is 6.54 Å². The monoisotopic (exact) mass is 258 g/mol. The average Bonchev–Trinajstić information content (AvgIpc) is 2.45. The van der Waals surface area contributed by atoms with Crippen molar-refractivity contribution in [3.05, 3.63) is 53.7 Å². The molecule has 1 aromatic heterocycles. The molecule has 0 unspecified atom stereocenters. The minimum Gasteiger partial charge on any atom is -0.507 e. The van der Waals surface area contributed by atoms with E-state index < -0.39 is 0 Å². The molecule has 0 atom stereocenters. The molecule has 0 aliphatic rings. The van der Waals surface area contributed by atoms with Crippen molar-refractivity contribution >= 4 is 5.91 Å². The SMILES string of the molecule is COc1cc(CNC(=O)c2ccccc2O)ccn1. The van der Waals surface area contributed by atoms with Crippen molar-refractivity contribution in [2.75, 3.05) is 7.11 Å². The van der Waals surface area contributed by atoms with E-state index in [1.165, 1.54) is 13.2 Å². The molecule has 98 valence electrons. The normalized spacial score (nSPS) is 9.95. The van der Waals surface area contributed by atoms with Gasteiger partial charge in [-0.15, -0.1) is 0 Å². The first-order valence-electron chi connectivity index (χ1n) is 5.76. The molecule has 0 saturated carbocycles. The summed E-state index contributed by atoms with van der Waals surface area (Å²) in [5.41, 5.74) is 1.12. The summed E-state index contributed by atoms with van der Waals surface area (Å²) >= 11 is 0. The van der Waals surface area contributed by atoms with Crippen LogP contribution in [0.4, 0.5) is 0 Å². The number of aromatic hydroxyl groups is 1. The molecule has 2 N–H and O–H groups in total.